The number of aryl methyl sites for hydroxylation is 1. The number of anilines is 1. The van der Waals surface area contributed by atoms with Crippen molar-refractivity contribution in [2.45, 2.75) is 71.0 Å². The first-order chi connectivity index (χ1) is 17.1. The Morgan fingerprint density at radius 2 is 1.78 bits per heavy atom. The van der Waals surface area contributed by atoms with E-state index in [0.717, 1.165) is 47.4 Å². The minimum atomic E-state index is -3.75. The lowest BCUT2D eigenvalue weighted by atomic mass is 9.95. The summed E-state index contributed by atoms with van der Waals surface area (Å²) in [5.41, 5.74) is 2.32. The molecule has 0 heterocycles. The maximum Gasteiger partial charge on any atom is 0.244 e. The lowest BCUT2D eigenvalue weighted by Gasteiger charge is -2.34. The van der Waals surface area contributed by atoms with E-state index in [9.17, 15) is 18.0 Å². The zero-order chi connectivity index (χ0) is 26.3. The molecule has 1 saturated carbocycles. The van der Waals surface area contributed by atoms with E-state index in [1.165, 1.54) is 11.3 Å². The largest absolute Gasteiger partial charge is 0.352 e. The summed E-state index contributed by atoms with van der Waals surface area (Å²) >= 11 is 3.37. The molecule has 0 aromatic heterocycles. The van der Waals surface area contributed by atoms with Crippen LogP contribution in [0.5, 0.6) is 0 Å². The molecule has 1 aliphatic rings. The highest BCUT2D eigenvalue weighted by Crippen LogP contribution is 2.24. The highest BCUT2D eigenvalue weighted by atomic mass is 79.9. The molecule has 3 rings (SSSR count). The van der Waals surface area contributed by atoms with Gasteiger partial charge >= 0.3 is 0 Å². The minimum absolute atomic E-state index is 0.116. The Kier molecular flexibility index (Phi) is 9.96. The third kappa shape index (κ3) is 7.80. The fourth-order valence-electron chi connectivity index (χ4n) is 4.72. The predicted molar refractivity (Wildman–Crippen MR) is 147 cm³/mol. The number of sulfonamides is 1. The van der Waals surface area contributed by atoms with Crippen LogP contribution in [0.4, 0.5) is 5.69 Å². The van der Waals surface area contributed by atoms with Crippen LogP contribution in [0.25, 0.3) is 0 Å². The van der Waals surface area contributed by atoms with Gasteiger partial charge in [-0.2, -0.15) is 0 Å². The van der Waals surface area contributed by atoms with Crippen molar-refractivity contribution < 1.29 is 18.0 Å². The third-order valence-electron chi connectivity index (χ3n) is 6.55. The predicted octanol–water partition coefficient (Wildman–Crippen LogP) is 4.78. The molecule has 7 nitrogen and oxygen atoms in total. The molecule has 0 unspecified atom stereocenters. The molecular formula is C27H36BrN3O4S. The van der Waals surface area contributed by atoms with Crippen LogP contribution < -0.4 is 9.62 Å². The number of carbonyl (C=O) groups excluding carboxylic acids is 2. The van der Waals surface area contributed by atoms with Crippen molar-refractivity contribution in [3.05, 3.63) is 64.1 Å². The monoisotopic (exact) mass is 577 g/mol. The highest BCUT2D eigenvalue weighted by molar-refractivity contribution is 9.10. The number of benzene rings is 2. The van der Waals surface area contributed by atoms with Crippen molar-refractivity contribution in [2.75, 3.05) is 17.1 Å². The van der Waals surface area contributed by atoms with Gasteiger partial charge in [-0.15, -0.1) is 0 Å². The summed E-state index contributed by atoms with van der Waals surface area (Å²) in [4.78, 5) is 28.7. The fraction of sp³-hybridized carbons (Fsp3) is 0.481. The summed E-state index contributed by atoms with van der Waals surface area (Å²) < 4.78 is 27.2. The average molecular weight is 579 g/mol. The fourth-order valence-corrected chi connectivity index (χ4v) is 5.94. The second kappa shape index (κ2) is 12.7. The Morgan fingerprint density at radius 1 is 1.08 bits per heavy atom. The zero-order valence-electron chi connectivity index (χ0n) is 21.2. The maximum absolute atomic E-state index is 13.8. The van der Waals surface area contributed by atoms with E-state index in [1.807, 2.05) is 38.1 Å². The molecule has 0 saturated heterocycles. The molecule has 1 aliphatic carbocycles. The smallest absolute Gasteiger partial charge is 0.244 e. The standard InChI is InChI=1S/C27H36BrN3O4S/c1-4-25(27(33)29-23-13-6-5-7-14-23)30(18-21-11-8-10-20(2)16-21)26(32)19-31(36(3,34)35)24-15-9-12-22(28)17-24/h8-12,15-17,23,25H,4-7,13-14,18-19H2,1-3H3,(H,29,33)/t25-/m0/s1. The Bertz CT molecular complexity index is 1170. The van der Waals surface area contributed by atoms with E-state index in [4.69, 9.17) is 0 Å². The molecule has 0 bridgehead atoms. The number of hydrogen-bond acceptors (Lipinski definition) is 4. The van der Waals surface area contributed by atoms with Crippen molar-refractivity contribution in [3.8, 4) is 0 Å². The summed E-state index contributed by atoms with van der Waals surface area (Å²) in [7, 11) is -3.75. The van der Waals surface area contributed by atoms with Gasteiger partial charge in [0.2, 0.25) is 21.8 Å². The average Bonchev–Trinajstić information content (AvgIpc) is 2.82. The first kappa shape index (κ1) is 28.2. The summed E-state index contributed by atoms with van der Waals surface area (Å²) in [6, 6.07) is 14.0. The number of carbonyl (C=O) groups is 2. The van der Waals surface area contributed by atoms with Gasteiger partial charge in [0.05, 0.1) is 11.9 Å². The van der Waals surface area contributed by atoms with Crippen LogP contribution in [0, 0.1) is 6.92 Å². The Balaban J connectivity index is 1.91. The molecule has 1 atom stereocenters. The first-order valence-electron chi connectivity index (χ1n) is 12.5. The van der Waals surface area contributed by atoms with Gasteiger partial charge in [-0.25, -0.2) is 8.42 Å². The van der Waals surface area contributed by atoms with E-state index >= 15 is 0 Å². The number of amides is 2. The molecule has 1 N–H and O–H groups in total. The summed E-state index contributed by atoms with van der Waals surface area (Å²) in [5, 5.41) is 3.15. The molecule has 0 aliphatic heterocycles. The van der Waals surface area contributed by atoms with Gasteiger partial charge in [-0.3, -0.25) is 13.9 Å². The van der Waals surface area contributed by atoms with Crippen LogP contribution in [0.2, 0.25) is 0 Å². The number of nitrogens with one attached hydrogen (secondary N) is 1. The highest BCUT2D eigenvalue weighted by Gasteiger charge is 2.32. The number of hydrogen-bond donors (Lipinski definition) is 1. The lowest BCUT2D eigenvalue weighted by molar-refractivity contribution is -0.140. The molecule has 2 aromatic rings. The quantitative estimate of drug-likeness (QED) is 0.440. The number of nitrogens with zero attached hydrogens (tertiary/aromatic N) is 2. The molecule has 1 fully saturated rings. The van der Waals surface area contributed by atoms with Crippen LogP contribution in [0.1, 0.15) is 56.6 Å². The van der Waals surface area contributed by atoms with Gasteiger partial charge in [-0.05, 0) is 49.9 Å². The van der Waals surface area contributed by atoms with Crippen LogP contribution in [0.15, 0.2) is 53.0 Å². The van der Waals surface area contributed by atoms with Crippen molar-refractivity contribution >= 4 is 43.5 Å². The maximum atomic E-state index is 13.8. The van der Waals surface area contributed by atoms with Crippen LogP contribution in [-0.2, 0) is 26.2 Å². The van der Waals surface area contributed by atoms with E-state index in [0.29, 0.717) is 16.6 Å². The summed E-state index contributed by atoms with van der Waals surface area (Å²) in [5.74, 6) is -0.605. The Morgan fingerprint density at radius 3 is 2.39 bits per heavy atom. The number of halogens is 1. The van der Waals surface area contributed by atoms with Gasteiger partial charge in [0, 0.05) is 17.1 Å². The van der Waals surface area contributed by atoms with E-state index in [2.05, 4.69) is 21.2 Å². The van der Waals surface area contributed by atoms with Gasteiger partial charge in [0.25, 0.3) is 0 Å². The Hall–Kier alpha value is -2.39. The molecular weight excluding hydrogens is 542 g/mol. The molecule has 196 valence electrons. The van der Waals surface area contributed by atoms with E-state index in [1.54, 1.807) is 24.3 Å². The van der Waals surface area contributed by atoms with Gasteiger partial charge in [-0.1, -0.05) is 78.0 Å². The molecule has 0 spiro atoms. The third-order valence-corrected chi connectivity index (χ3v) is 8.18. The van der Waals surface area contributed by atoms with Gasteiger partial charge in [0.1, 0.15) is 12.6 Å². The summed E-state index contributed by atoms with van der Waals surface area (Å²) in [6.07, 6.45) is 6.74. The van der Waals surface area contributed by atoms with E-state index in [-0.39, 0.29) is 18.5 Å². The van der Waals surface area contributed by atoms with Crippen molar-refractivity contribution in [1.29, 1.82) is 0 Å². The topological polar surface area (TPSA) is 86.8 Å². The van der Waals surface area contributed by atoms with Crippen molar-refractivity contribution in [1.82, 2.24) is 10.2 Å². The van der Waals surface area contributed by atoms with Crippen molar-refractivity contribution in [3.63, 3.8) is 0 Å². The van der Waals surface area contributed by atoms with Gasteiger partial charge in [0.15, 0.2) is 0 Å². The molecule has 9 heteroatoms. The lowest BCUT2D eigenvalue weighted by Crippen LogP contribution is -2.53. The minimum Gasteiger partial charge on any atom is -0.352 e. The normalized spacial score (nSPS) is 15.2. The molecule has 0 radical (unpaired) electrons. The van der Waals surface area contributed by atoms with Crippen LogP contribution in [0.3, 0.4) is 0 Å². The first-order valence-corrected chi connectivity index (χ1v) is 15.1. The molecule has 2 aromatic carbocycles. The SMILES string of the molecule is CC[C@@H](C(=O)NC1CCCCC1)N(Cc1cccc(C)c1)C(=O)CN(c1cccc(Br)c1)S(C)(=O)=O. The van der Waals surface area contributed by atoms with Crippen LogP contribution >= 0.6 is 15.9 Å². The molecule has 36 heavy (non-hydrogen) atoms. The summed E-state index contributed by atoms with van der Waals surface area (Å²) in [6.45, 7) is 3.67. The second-order valence-electron chi connectivity index (χ2n) is 9.53. The zero-order valence-corrected chi connectivity index (χ0v) is 23.6. The molecule has 2 amide bonds. The van der Waals surface area contributed by atoms with Crippen LogP contribution in [-0.4, -0.2) is 50.0 Å². The van der Waals surface area contributed by atoms with E-state index < -0.39 is 28.5 Å². The number of rotatable bonds is 10. The Labute approximate surface area is 223 Å². The van der Waals surface area contributed by atoms with Crippen molar-refractivity contribution in [2.24, 2.45) is 0 Å². The van der Waals surface area contributed by atoms with Gasteiger partial charge < -0.3 is 10.2 Å². The second-order valence-corrected chi connectivity index (χ2v) is 12.4.